The van der Waals surface area contributed by atoms with Crippen LogP contribution in [0.25, 0.3) is 0 Å². The summed E-state index contributed by atoms with van der Waals surface area (Å²) in [5.74, 6) is -0.385. The first-order valence-corrected chi connectivity index (χ1v) is 9.08. The molecule has 138 valence electrons. The van der Waals surface area contributed by atoms with Gasteiger partial charge >= 0.3 is 0 Å². The van der Waals surface area contributed by atoms with E-state index in [4.69, 9.17) is 0 Å². The third-order valence-electron chi connectivity index (χ3n) is 4.84. The molecule has 0 saturated carbocycles. The van der Waals surface area contributed by atoms with E-state index in [9.17, 15) is 9.18 Å². The summed E-state index contributed by atoms with van der Waals surface area (Å²) in [6.07, 6.45) is 2.43. The second-order valence-electron chi connectivity index (χ2n) is 6.96. The molecule has 3 rings (SSSR count). The van der Waals surface area contributed by atoms with E-state index >= 15 is 0 Å². The highest BCUT2D eigenvalue weighted by molar-refractivity contribution is 5.83. The molecule has 4 nitrogen and oxygen atoms in total. The molecule has 1 aliphatic rings. The van der Waals surface area contributed by atoms with Crippen molar-refractivity contribution < 1.29 is 9.18 Å². The molecule has 1 fully saturated rings. The largest absolute Gasteiger partial charge is 0.371 e. The highest BCUT2D eigenvalue weighted by Gasteiger charge is 2.23. The maximum atomic E-state index is 13.2. The van der Waals surface area contributed by atoms with Gasteiger partial charge in [-0.1, -0.05) is 30.3 Å². The van der Waals surface area contributed by atoms with Crippen LogP contribution in [0.4, 0.5) is 10.1 Å². The van der Waals surface area contributed by atoms with Gasteiger partial charge in [0.1, 0.15) is 11.9 Å². The highest BCUT2D eigenvalue weighted by atomic mass is 19.1. The van der Waals surface area contributed by atoms with Gasteiger partial charge in [-0.15, -0.1) is 0 Å². The van der Waals surface area contributed by atoms with Crippen molar-refractivity contribution in [2.45, 2.75) is 25.4 Å². The van der Waals surface area contributed by atoms with Gasteiger partial charge in [0.15, 0.2) is 0 Å². The molecule has 0 unspecified atom stereocenters. The first-order valence-electron chi connectivity index (χ1n) is 9.08. The lowest BCUT2D eigenvalue weighted by Gasteiger charge is -2.25. The number of amides is 1. The van der Waals surface area contributed by atoms with E-state index in [-0.39, 0.29) is 11.7 Å². The molecule has 1 N–H and O–H groups in total. The van der Waals surface area contributed by atoms with E-state index in [1.54, 1.807) is 12.1 Å². The van der Waals surface area contributed by atoms with Crippen molar-refractivity contribution in [3.63, 3.8) is 0 Å². The SMILES string of the molecule is CN(C)[C@H](C(=O)NCc1ccccc1N1CCCC1)c1ccc(F)cc1. The monoisotopic (exact) mass is 355 g/mol. The number of hydrogen-bond acceptors (Lipinski definition) is 3. The van der Waals surface area contributed by atoms with Crippen LogP contribution in [-0.4, -0.2) is 38.0 Å². The summed E-state index contributed by atoms with van der Waals surface area (Å²) in [4.78, 5) is 17.0. The summed E-state index contributed by atoms with van der Waals surface area (Å²) in [5.41, 5.74) is 3.11. The molecule has 0 radical (unpaired) electrons. The fourth-order valence-corrected chi connectivity index (χ4v) is 3.53. The molecule has 1 amide bonds. The van der Waals surface area contributed by atoms with Gasteiger partial charge in [-0.25, -0.2) is 4.39 Å². The Morgan fingerprint density at radius 3 is 2.42 bits per heavy atom. The number of benzene rings is 2. The van der Waals surface area contributed by atoms with E-state index < -0.39 is 6.04 Å². The summed E-state index contributed by atoms with van der Waals surface area (Å²) in [6.45, 7) is 2.62. The van der Waals surface area contributed by atoms with Crippen LogP contribution in [0.15, 0.2) is 48.5 Å². The zero-order valence-electron chi connectivity index (χ0n) is 15.4. The van der Waals surface area contributed by atoms with Crippen molar-refractivity contribution in [3.8, 4) is 0 Å². The average molecular weight is 355 g/mol. The standard InChI is InChI=1S/C21H26FN3O/c1-24(2)20(16-9-11-18(22)12-10-16)21(26)23-15-17-7-3-4-8-19(17)25-13-5-6-14-25/h3-4,7-12,20H,5-6,13-15H2,1-2H3,(H,23,26)/t20-/m0/s1. The molecule has 1 atom stereocenters. The van der Waals surface area contributed by atoms with Gasteiger partial charge in [0.2, 0.25) is 5.91 Å². The molecule has 0 aromatic heterocycles. The Kier molecular flexibility index (Phi) is 5.89. The number of anilines is 1. The summed E-state index contributed by atoms with van der Waals surface area (Å²) < 4.78 is 13.2. The number of halogens is 1. The van der Waals surface area contributed by atoms with Gasteiger partial charge in [-0.3, -0.25) is 9.69 Å². The number of likely N-dealkylation sites (N-methyl/N-ethyl adjacent to an activating group) is 1. The third-order valence-corrected chi connectivity index (χ3v) is 4.84. The first kappa shape index (κ1) is 18.4. The minimum atomic E-state index is -0.449. The van der Waals surface area contributed by atoms with Gasteiger partial charge in [-0.2, -0.15) is 0 Å². The van der Waals surface area contributed by atoms with Crippen molar-refractivity contribution in [3.05, 3.63) is 65.5 Å². The topological polar surface area (TPSA) is 35.6 Å². The normalized spacial score (nSPS) is 15.3. The maximum absolute atomic E-state index is 13.2. The van der Waals surface area contributed by atoms with E-state index in [0.29, 0.717) is 6.54 Å². The van der Waals surface area contributed by atoms with Crippen molar-refractivity contribution in [2.75, 3.05) is 32.1 Å². The molecule has 1 heterocycles. The summed E-state index contributed by atoms with van der Waals surface area (Å²) in [5, 5.41) is 3.06. The lowest BCUT2D eigenvalue weighted by molar-refractivity contribution is -0.125. The highest BCUT2D eigenvalue weighted by Crippen LogP contribution is 2.25. The molecule has 1 aliphatic heterocycles. The van der Waals surface area contributed by atoms with Crippen LogP contribution >= 0.6 is 0 Å². The van der Waals surface area contributed by atoms with Crippen molar-refractivity contribution in [1.82, 2.24) is 10.2 Å². The molecule has 2 aromatic rings. The fraction of sp³-hybridized carbons (Fsp3) is 0.381. The van der Waals surface area contributed by atoms with Crippen LogP contribution in [0, 0.1) is 5.82 Å². The lowest BCUT2D eigenvalue weighted by Crippen LogP contribution is -2.37. The van der Waals surface area contributed by atoms with E-state index in [0.717, 1.165) is 24.2 Å². The Bertz CT molecular complexity index is 739. The average Bonchev–Trinajstić information content (AvgIpc) is 3.16. The Morgan fingerprint density at radius 2 is 1.77 bits per heavy atom. The predicted octanol–water partition coefficient (Wildman–Crippen LogP) is 3.35. The quantitative estimate of drug-likeness (QED) is 0.863. The molecule has 5 heteroatoms. The Labute approximate surface area is 154 Å². The van der Waals surface area contributed by atoms with Gasteiger partial charge < -0.3 is 10.2 Å². The minimum absolute atomic E-state index is 0.0853. The van der Waals surface area contributed by atoms with Crippen molar-refractivity contribution >= 4 is 11.6 Å². The number of carbonyl (C=O) groups is 1. The molecule has 1 saturated heterocycles. The molecule has 0 aliphatic carbocycles. The number of nitrogens with zero attached hydrogens (tertiary/aromatic N) is 2. The molecule has 0 spiro atoms. The Hall–Kier alpha value is -2.40. The predicted molar refractivity (Wildman–Crippen MR) is 103 cm³/mol. The fourth-order valence-electron chi connectivity index (χ4n) is 3.53. The summed E-state index contributed by atoms with van der Waals surface area (Å²) in [7, 11) is 3.71. The molecule has 26 heavy (non-hydrogen) atoms. The molecule has 2 aromatic carbocycles. The maximum Gasteiger partial charge on any atom is 0.242 e. The van der Waals surface area contributed by atoms with Crippen LogP contribution in [0.2, 0.25) is 0 Å². The number of nitrogens with one attached hydrogen (secondary N) is 1. The van der Waals surface area contributed by atoms with Gasteiger partial charge in [0.05, 0.1) is 0 Å². The van der Waals surface area contributed by atoms with Crippen LogP contribution in [0.5, 0.6) is 0 Å². The van der Waals surface area contributed by atoms with E-state index in [1.807, 2.05) is 31.1 Å². The lowest BCUT2D eigenvalue weighted by atomic mass is 10.0. The smallest absolute Gasteiger partial charge is 0.242 e. The van der Waals surface area contributed by atoms with Crippen LogP contribution < -0.4 is 10.2 Å². The summed E-state index contributed by atoms with van der Waals surface area (Å²) >= 11 is 0. The van der Waals surface area contributed by atoms with E-state index in [2.05, 4.69) is 22.3 Å². The Morgan fingerprint density at radius 1 is 1.12 bits per heavy atom. The van der Waals surface area contributed by atoms with Gasteiger partial charge in [-0.05, 0) is 56.3 Å². The molecular weight excluding hydrogens is 329 g/mol. The van der Waals surface area contributed by atoms with Crippen LogP contribution in [0.1, 0.15) is 30.0 Å². The second kappa shape index (κ2) is 8.32. The number of hydrogen-bond donors (Lipinski definition) is 1. The number of para-hydroxylation sites is 1. The molecule has 0 bridgehead atoms. The first-order chi connectivity index (χ1) is 12.6. The van der Waals surface area contributed by atoms with Crippen molar-refractivity contribution in [2.24, 2.45) is 0 Å². The van der Waals surface area contributed by atoms with Crippen LogP contribution in [0.3, 0.4) is 0 Å². The minimum Gasteiger partial charge on any atom is -0.371 e. The van der Waals surface area contributed by atoms with Gasteiger partial charge in [0.25, 0.3) is 0 Å². The van der Waals surface area contributed by atoms with Gasteiger partial charge in [0, 0.05) is 25.3 Å². The van der Waals surface area contributed by atoms with E-state index in [1.165, 1.54) is 30.7 Å². The second-order valence-corrected chi connectivity index (χ2v) is 6.96. The number of carbonyl (C=O) groups excluding carboxylic acids is 1. The van der Waals surface area contributed by atoms with Crippen LogP contribution in [-0.2, 0) is 11.3 Å². The Balaban J connectivity index is 1.72. The number of rotatable bonds is 6. The third kappa shape index (κ3) is 4.22. The summed E-state index contributed by atoms with van der Waals surface area (Å²) in [6, 6.07) is 13.9. The van der Waals surface area contributed by atoms with Crippen molar-refractivity contribution in [1.29, 1.82) is 0 Å². The molecular formula is C21H26FN3O. The zero-order chi connectivity index (χ0) is 18.5. The zero-order valence-corrected chi connectivity index (χ0v) is 15.4.